The van der Waals surface area contributed by atoms with Crippen LogP contribution >= 0.6 is 11.6 Å². The summed E-state index contributed by atoms with van der Waals surface area (Å²) in [5, 5.41) is 10.9. The van der Waals surface area contributed by atoms with Gasteiger partial charge in [-0.2, -0.15) is 0 Å². The molecule has 0 aromatic heterocycles. The Balaban J connectivity index is 3.12. The lowest BCUT2D eigenvalue weighted by molar-refractivity contribution is -0.123. The molecule has 1 aromatic carbocycles. The van der Waals surface area contributed by atoms with Gasteiger partial charge in [0, 0.05) is 11.9 Å². The van der Waals surface area contributed by atoms with Gasteiger partial charge in [-0.1, -0.05) is 0 Å². The number of halogens is 3. The van der Waals surface area contributed by atoms with Gasteiger partial charge in [0.25, 0.3) is 0 Å². The standard InChI is InChI=1S/C12H12ClF2NO3/c1-12(2,5-13)11(19)16-9-3-6(10(17)18)7(14)4-8(9)15/h3-4H,5H2,1-2H3,(H,16,19)(H,17,18). The molecule has 7 heteroatoms. The summed E-state index contributed by atoms with van der Waals surface area (Å²) in [4.78, 5) is 22.5. The lowest BCUT2D eigenvalue weighted by Crippen LogP contribution is -2.32. The number of alkyl halides is 1. The molecule has 4 nitrogen and oxygen atoms in total. The molecule has 0 aliphatic carbocycles. The third-order valence-corrected chi connectivity index (χ3v) is 3.15. The molecule has 2 N–H and O–H groups in total. The molecule has 0 atom stereocenters. The molecule has 0 unspecified atom stereocenters. The fraction of sp³-hybridized carbons (Fsp3) is 0.333. The molecule has 19 heavy (non-hydrogen) atoms. The van der Waals surface area contributed by atoms with E-state index in [1.807, 2.05) is 0 Å². The summed E-state index contributed by atoms with van der Waals surface area (Å²) in [7, 11) is 0. The van der Waals surface area contributed by atoms with E-state index in [1.54, 1.807) is 0 Å². The van der Waals surface area contributed by atoms with E-state index in [2.05, 4.69) is 5.32 Å². The summed E-state index contributed by atoms with van der Waals surface area (Å²) in [5.41, 5.74) is -2.09. The van der Waals surface area contributed by atoms with Crippen molar-refractivity contribution in [3.63, 3.8) is 0 Å². The van der Waals surface area contributed by atoms with Crippen molar-refractivity contribution < 1.29 is 23.5 Å². The SMILES string of the molecule is CC(C)(CCl)C(=O)Nc1cc(C(=O)O)c(F)cc1F. The second-order valence-electron chi connectivity index (χ2n) is 4.59. The summed E-state index contributed by atoms with van der Waals surface area (Å²) in [6.45, 7) is 3.07. The molecule has 104 valence electrons. The number of benzene rings is 1. The maximum Gasteiger partial charge on any atom is 0.338 e. The Labute approximate surface area is 113 Å². The van der Waals surface area contributed by atoms with Crippen LogP contribution in [-0.2, 0) is 4.79 Å². The number of hydrogen-bond donors (Lipinski definition) is 2. The van der Waals surface area contributed by atoms with E-state index in [1.165, 1.54) is 13.8 Å². The highest BCUT2D eigenvalue weighted by Crippen LogP contribution is 2.24. The Morgan fingerprint density at radius 1 is 1.32 bits per heavy atom. The first-order valence-corrected chi connectivity index (χ1v) is 5.82. The lowest BCUT2D eigenvalue weighted by atomic mass is 9.95. The van der Waals surface area contributed by atoms with Crippen molar-refractivity contribution in [2.24, 2.45) is 5.41 Å². The molecule has 0 fully saturated rings. The molecule has 0 aliphatic heterocycles. The number of carbonyl (C=O) groups is 2. The van der Waals surface area contributed by atoms with Gasteiger partial charge in [0.15, 0.2) is 0 Å². The van der Waals surface area contributed by atoms with E-state index >= 15 is 0 Å². The Bertz CT molecular complexity index is 532. The molecule has 1 amide bonds. The van der Waals surface area contributed by atoms with Crippen molar-refractivity contribution in [2.45, 2.75) is 13.8 Å². The normalized spacial score (nSPS) is 11.2. The van der Waals surface area contributed by atoms with Crippen molar-refractivity contribution in [3.8, 4) is 0 Å². The summed E-state index contributed by atoms with van der Waals surface area (Å²) < 4.78 is 26.6. The van der Waals surface area contributed by atoms with Crippen LogP contribution in [0, 0.1) is 17.0 Å². The first-order valence-electron chi connectivity index (χ1n) is 5.29. The molecule has 0 radical (unpaired) electrons. The van der Waals surface area contributed by atoms with Gasteiger partial charge in [0.1, 0.15) is 11.6 Å². The highest BCUT2D eigenvalue weighted by atomic mass is 35.5. The monoisotopic (exact) mass is 291 g/mol. The molecule has 0 heterocycles. The first kappa shape index (κ1) is 15.4. The van der Waals surface area contributed by atoms with Gasteiger partial charge >= 0.3 is 5.97 Å². The average Bonchev–Trinajstić information content (AvgIpc) is 2.31. The number of carboxylic acid groups (broad SMARTS) is 1. The van der Waals surface area contributed by atoms with Crippen LogP contribution in [0.15, 0.2) is 12.1 Å². The number of carbonyl (C=O) groups excluding carboxylic acids is 1. The zero-order chi connectivity index (χ0) is 14.8. The van der Waals surface area contributed by atoms with Crippen LogP contribution in [0.2, 0.25) is 0 Å². The number of anilines is 1. The van der Waals surface area contributed by atoms with E-state index in [-0.39, 0.29) is 5.88 Å². The molecule has 1 aromatic rings. The third kappa shape index (κ3) is 3.41. The zero-order valence-electron chi connectivity index (χ0n) is 10.3. The van der Waals surface area contributed by atoms with Crippen LogP contribution in [0.1, 0.15) is 24.2 Å². The molecular weight excluding hydrogens is 280 g/mol. The summed E-state index contributed by atoms with van der Waals surface area (Å²) >= 11 is 5.59. The maximum atomic E-state index is 13.5. The van der Waals surface area contributed by atoms with E-state index in [4.69, 9.17) is 16.7 Å². The Morgan fingerprint density at radius 2 is 1.89 bits per heavy atom. The van der Waals surface area contributed by atoms with Crippen molar-refractivity contribution in [3.05, 3.63) is 29.3 Å². The predicted molar refractivity (Wildman–Crippen MR) is 66.4 cm³/mol. The van der Waals surface area contributed by atoms with Crippen molar-refractivity contribution in [1.29, 1.82) is 0 Å². The van der Waals surface area contributed by atoms with Crippen LogP contribution < -0.4 is 5.32 Å². The fourth-order valence-corrected chi connectivity index (χ4v) is 1.28. The highest BCUT2D eigenvalue weighted by Gasteiger charge is 2.27. The molecular formula is C12H12ClF2NO3. The molecule has 0 saturated carbocycles. The van der Waals surface area contributed by atoms with Crippen LogP contribution in [0.5, 0.6) is 0 Å². The average molecular weight is 292 g/mol. The summed E-state index contributed by atoms with van der Waals surface area (Å²) in [6, 6.07) is 1.14. The Kier molecular flexibility index (Phi) is 4.47. The second kappa shape index (κ2) is 5.52. The number of aromatic carboxylic acids is 1. The highest BCUT2D eigenvalue weighted by molar-refractivity contribution is 6.20. The van der Waals surface area contributed by atoms with Gasteiger partial charge in [0.05, 0.1) is 16.7 Å². The second-order valence-corrected chi connectivity index (χ2v) is 4.86. The minimum absolute atomic E-state index is 0.00651. The lowest BCUT2D eigenvalue weighted by Gasteiger charge is -2.20. The van der Waals surface area contributed by atoms with Gasteiger partial charge < -0.3 is 10.4 Å². The largest absolute Gasteiger partial charge is 0.478 e. The van der Waals surface area contributed by atoms with E-state index in [9.17, 15) is 18.4 Å². The topological polar surface area (TPSA) is 66.4 Å². The van der Waals surface area contributed by atoms with Gasteiger partial charge in [-0.25, -0.2) is 13.6 Å². The van der Waals surface area contributed by atoms with Gasteiger partial charge in [-0.3, -0.25) is 4.79 Å². The Morgan fingerprint density at radius 3 is 2.37 bits per heavy atom. The molecule has 0 saturated heterocycles. The maximum absolute atomic E-state index is 13.5. The minimum atomic E-state index is -1.55. The fourth-order valence-electron chi connectivity index (χ4n) is 1.16. The zero-order valence-corrected chi connectivity index (χ0v) is 11.0. The van der Waals surface area contributed by atoms with Gasteiger partial charge in [-0.15, -0.1) is 11.6 Å². The third-order valence-electron chi connectivity index (χ3n) is 2.48. The van der Waals surface area contributed by atoms with Gasteiger partial charge in [-0.05, 0) is 19.9 Å². The Hall–Kier alpha value is -1.69. The van der Waals surface area contributed by atoms with Crippen molar-refractivity contribution in [1.82, 2.24) is 0 Å². The number of amides is 1. The van der Waals surface area contributed by atoms with Crippen molar-refractivity contribution >= 4 is 29.2 Å². The number of hydrogen-bond acceptors (Lipinski definition) is 2. The quantitative estimate of drug-likeness (QED) is 0.838. The van der Waals surface area contributed by atoms with Crippen LogP contribution in [0.3, 0.4) is 0 Å². The summed E-state index contributed by atoms with van der Waals surface area (Å²) in [6.07, 6.45) is 0. The van der Waals surface area contributed by atoms with Crippen LogP contribution in [-0.4, -0.2) is 22.9 Å². The number of nitrogens with one attached hydrogen (secondary N) is 1. The van der Waals surface area contributed by atoms with Gasteiger partial charge in [0.2, 0.25) is 5.91 Å². The molecule has 0 spiro atoms. The molecule has 0 bridgehead atoms. The number of carboxylic acids is 1. The molecule has 0 aliphatic rings. The van der Waals surface area contributed by atoms with E-state index < -0.39 is 40.2 Å². The minimum Gasteiger partial charge on any atom is -0.478 e. The van der Waals surface area contributed by atoms with Crippen LogP contribution in [0.25, 0.3) is 0 Å². The smallest absolute Gasteiger partial charge is 0.338 e. The van der Waals surface area contributed by atoms with E-state index in [0.717, 1.165) is 6.07 Å². The van der Waals surface area contributed by atoms with Crippen LogP contribution in [0.4, 0.5) is 14.5 Å². The predicted octanol–water partition coefficient (Wildman–Crippen LogP) is 2.87. The summed E-state index contributed by atoms with van der Waals surface area (Å²) in [5.74, 6) is -4.41. The first-order chi connectivity index (χ1) is 8.69. The number of rotatable bonds is 4. The molecule has 1 rings (SSSR count). The van der Waals surface area contributed by atoms with E-state index in [0.29, 0.717) is 6.07 Å². The van der Waals surface area contributed by atoms with Crippen molar-refractivity contribution in [2.75, 3.05) is 11.2 Å².